The summed E-state index contributed by atoms with van der Waals surface area (Å²) in [6.45, 7) is 2.03. The maximum Gasteiger partial charge on any atom is 0.316 e. The van der Waals surface area contributed by atoms with E-state index in [1.54, 1.807) is 25.1 Å². The molecule has 0 atom stereocenters. The van der Waals surface area contributed by atoms with Crippen molar-refractivity contribution in [3.63, 3.8) is 0 Å². The van der Waals surface area contributed by atoms with Crippen molar-refractivity contribution in [2.45, 2.75) is 13.5 Å². The quantitative estimate of drug-likeness (QED) is 0.548. The van der Waals surface area contributed by atoms with Gasteiger partial charge in [-0.1, -0.05) is 48.5 Å². The number of hydrogen-bond donors (Lipinski definition) is 2. The number of para-hydroxylation sites is 1. The molecule has 0 aliphatic heterocycles. The van der Waals surface area contributed by atoms with Gasteiger partial charge in [0.15, 0.2) is 0 Å². The molecule has 0 heterocycles. The molecule has 0 aliphatic carbocycles. The minimum atomic E-state index is -0.733. The molecule has 0 radical (unpaired) electrons. The minimum absolute atomic E-state index is 0.104. The normalized spacial score (nSPS) is 10.3. The van der Waals surface area contributed by atoms with Crippen LogP contribution in [0.4, 0.5) is 11.4 Å². The standard InChI is InChI=1S/C22H20N2O3/c1-16-14-19(25)12-13-20(16)23-21(26)22(27)24(18-10-6-3-7-11-18)15-17-8-4-2-5-9-17/h2-14,25H,15H2,1H3,(H,23,26). The van der Waals surface area contributed by atoms with Crippen LogP contribution in [0, 0.1) is 6.92 Å². The number of phenols is 1. The van der Waals surface area contributed by atoms with Gasteiger partial charge < -0.3 is 10.4 Å². The van der Waals surface area contributed by atoms with Crippen LogP contribution in [-0.2, 0) is 16.1 Å². The lowest BCUT2D eigenvalue weighted by Crippen LogP contribution is -2.39. The Morgan fingerprint density at radius 3 is 2.19 bits per heavy atom. The van der Waals surface area contributed by atoms with Gasteiger partial charge in [-0.05, 0) is 48.4 Å². The molecule has 0 fully saturated rings. The summed E-state index contributed by atoms with van der Waals surface area (Å²) < 4.78 is 0. The molecule has 3 aromatic carbocycles. The van der Waals surface area contributed by atoms with Crippen LogP contribution in [0.15, 0.2) is 78.9 Å². The first-order valence-electron chi connectivity index (χ1n) is 8.56. The minimum Gasteiger partial charge on any atom is -0.508 e. The molecule has 5 nitrogen and oxygen atoms in total. The Labute approximate surface area is 157 Å². The lowest BCUT2D eigenvalue weighted by atomic mass is 10.1. The summed E-state index contributed by atoms with van der Waals surface area (Å²) in [7, 11) is 0. The number of amides is 2. The van der Waals surface area contributed by atoms with E-state index in [2.05, 4.69) is 5.32 Å². The Morgan fingerprint density at radius 2 is 1.56 bits per heavy atom. The summed E-state index contributed by atoms with van der Waals surface area (Å²) in [5.41, 5.74) is 2.72. The highest BCUT2D eigenvalue weighted by Crippen LogP contribution is 2.21. The molecule has 3 rings (SSSR count). The third-order valence-electron chi connectivity index (χ3n) is 4.15. The summed E-state index contributed by atoms with van der Waals surface area (Å²) in [5, 5.41) is 12.1. The second-order valence-corrected chi connectivity index (χ2v) is 6.17. The highest BCUT2D eigenvalue weighted by Gasteiger charge is 2.24. The molecular weight excluding hydrogens is 340 g/mol. The van der Waals surface area contributed by atoms with Crippen molar-refractivity contribution >= 4 is 23.2 Å². The summed E-state index contributed by atoms with van der Waals surface area (Å²) in [6.07, 6.45) is 0. The SMILES string of the molecule is Cc1cc(O)ccc1NC(=O)C(=O)N(Cc1ccccc1)c1ccccc1. The molecule has 0 saturated heterocycles. The van der Waals surface area contributed by atoms with Crippen LogP contribution in [0.5, 0.6) is 5.75 Å². The van der Waals surface area contributed by atoms with E-state index in [0.717, 1.165) is 5.56 Å². The van der Waals surface area contributed by atoms with Crippen molar-refractivity contribution in [2.24, 2.45) is 0 Å². The van der Waals surface area contributed by atoms with E-state index in [9.17, 15) is 14.7 Å². The van der Waals surface area contributed by atoms with Crippen molar-refractivity contribution in [2.75, 3.05) is 10.2 Å². The topological polar surface area (TPSA) is 69.6 Å². The molecule has 0 unspecified atom stereocenters. The highest BCUT2D eigenvalue weighted by molar-refractivity contribution is 6.44. The van der Waals surface area contributed by atoms with Crippen molar-refractivity contribution < 1.29 is 14.7 Å². The van der Waals surface area contributed by atoms with Gasteiger partial charge in [0.25, 0.3) is 0 Å². The Kier molecular flexibility index (Phi) is 5.52. The number of nitrogens with zero attached hydrogens (tertiary/aromatic N) is 1. The number of aromatic hydroxyl groups is 1. The number of hydrogen-bond acceptors (Lipinski definition) is 3. The summed E-state index contributed by atoms with van der Waals surface area (Å²) in [6, 6.07) is 23.1. The number of aryl methyl sites for hydroxylation is 1. The van der Waals surface area contributed by atoms with E-state index in [4.69, 9.17) is 0 Å². The first-order chi connectivity index (χ1) is 13.0. The van der Waals surface area contributed by atoms with Crippen LogP contribution in [0.25, 0.3) is 0 Å². The molecule has 3 aromatic rings. The van der Waals surface area contributed by atoms with Crippen LogP contribution in [0.3, 0.4) is 0 Å². The molecule has 0 bridgehead atoms. The molecular formula is C22H20N2O3. The zero-order chi connectivity index (χ0) is 19.2. The number of carbonyl (C=O) groups is 2. The van der Waals surface area contributed by atoms with Gasteiger partial charge in [-0.15, -0.1) is 0 Å². The lowest BCUT2D eigenvalue weighted by molar-refractivity contribution is -0.134. The van der Waals surface area contributed by atoms with E-state index in [0.29, 0.717) is 16.9 Å². The van der Waals surface area contributed by atoms with E-state index < -0.39 is 11.8 Å². The highest BCUT2D eigenvalue weighted by atomic mass is 16.3. The van der Waals surface area contributed by atoms with Gasteiger partial charge in [0.1, 0.15) is 5.75 Å². The number of carbonyl (C=O) groups excluding carboxylic acids is 2. The molecule has 0 saturated carbocycles. The largest absolute Gasteiger partial charge is 0.508 e. The summed E-state index contributed by atoms with van der Waals surface area (Å²) in [4.78, 5) is 26.9. The predicted molar refractivity (Wildman–Crippen MR) is 106 cm³/mol. The molecule has 0 aromatic heterocycles. The maximum absolute atomic E-state index is 12.9. The van der Waals surface area contributed by atoms with Gasteiger partial charge in [-0.2, -0.15) is 0 Å². The Bertz CT molecular complexity index is 940. The molecule has 0 spiro atoms. The Hall–Kier alpha value is -3.60. The molecule has 136 valence electrons. The van der Waals surface area contributed by atoms with Gasteiger partial charge in [-0.25, -0.2) is 0 Å². The molecule has 0 aliphatic rings. The first kappa shape index (κ1) is 18.2. The zero-order valence-corrected chi connectivity index (χ0v) is 14.9. The monoisotopic (exact) mass is 360 g/mol. The third kappa shape index (κ3) is 4.52. The van der Waals surface area contributed by atoms with Crippen LogP contribution in [0.2, 0.25) is 0 Å². The second kappa shape index (κ2) is 8.19. The fourth-order valence-electron chi connectivity index (χ4n) is 2.74. The number of benzene rings is 3. The van der Waals surface area contributed by atoms with Crippen LogP contribution in [0.1, 0.15) is 11.1 Å². The fourth-order valence-corrected chi connectivity index (χ4v) is 2.74. The zero-order valence-electron chi connectivity index (χ0n) is 14.9. The average Bonchev–Trinajstić information content (AvgIpc) is 2.69. The van der Waals surface area contributed by atoms with Crippen molar-refractivity contribution in [1.82, 2.24) is 0 Å². The van der Waals surface area contributed by atoms with E-state index in [1.807, 2.05) is 48.5 Å². The maximum atomic E-state index is 12.9. The smallest absolute Gasteiger partial charge is 0.316 e. The van der Waals surface area contributed by atoms with E-state index >= 15 is 0 Å². The molecule has 5 heteroatoms. The first-order valence-corrected chi connectivity index (χ1v) is 8.56. The van der Waals surface area contributed by atoms with Gasteiger partial charge in [-0.3, -0.25) is 14.5 Å². The van der Waals surface area contributed by atoms with Crippen molar-refractivity contribution in [3.05, 3.63) is 90.0 Å². The van der Waals surface area contributed by atoms with Gasteiger partial charge >= 0.3 is 11.8 Å². The summed E-state index contributed by atoms with van der Waals surface area (Å²) in [5.74, 6) is -1.28. The number of phenolic OH excluding ortho intramolecular Hbond substituents is 1. The van der Waals surface area contributed by atoms with Gasteiger partial charge in [0.05, 0.1) is 6.54 Å². The van der Waals surface area contributed by atoms with Gasteiger partial charge in [0, 0.05) is 11.4 Å². The third-order valence-corrected chi connectivity index (χ3v) is 4.15. The second-order valence-electron chi connectivity index (χ2n) is 6.17. The van der Waals surface area contributed by atoms with Crippen LogP contribution >= 0.6 is 0 Å². The van der Waals surface area contributed by atoms with Crippen LogP contribution in [-0.4, -0.2) is 16.9 Å². The molecule has 2 amide bonds. The lowest BCUT2D eigenvalue weighted by Gasteiger charge is -2.22. The van der Waals surface area contributed by atoms with Gasteiger partial charge in [0.2, 0.25) is 0 Å². The van der Waals surface area contributed by atoms with Crippen molar-refractivity contribution in [1.29, 1.82) is 0 Å². The Balaban J connectivity index is 1.84. The predicted octanol–water partition coefficient (Wildman–Crippen LogP) is 3.87. The number of anilines is 2. The van der Waals surface area contributed by atoms with E-state index in [-0.39, 0.29) is 12.3 Å². The average molecular weight is 360 g/mol. The Morgan fingerprint density at radius 1 is 0.926 bits per heavy atom. The van der Waals surface area contributed by atoms with Crippen LogP contribution < -0.4 is 10.2 Å². The molecule has 27 heavy (non-hydrogen) atoms. The number of nitrogens with one attached hydrogen (secondary N) is 1. The van der Waals surface area contributed by atoms with Crippen molar-refractivity contribution in [3.8, 4) is 5.75 Å². The molecule has 2 N–H and O–H groups in total. The number of rotatable bonds is 4. The summed E-state index contributed by atoms with van der Waals surface area (Å²) >= 11 is 0. The fraction of sp³-hybridized carbons (Fsp3) is 0.0909. The van der Waals surface area contributed by atoms with E-state index in [1.165, 1.54) is 17.0 Å².